The molecule has 1 heterocycles. The fraction of sp³-hybridized carbons (Fsp3) is 0.625. The van der Waals surface area contributed by atoms with Gasteiger partial charge in [-0.15, -0.1) is 0 Å². The minimum atomic E-state index is 0.227. The Morgan fingerprint density at radius 3 is 2.85 bits per heavy atom. The van der Waals surface area contributed by atoms with Crippen LogP contribution >= 0.6 is 11.6 Å². The molecule has 4 heteroatoms. The Balaban J connectivity index is 1.58. The maximum Gasteiger partial charge on any atom is 0.124 e. The molecule has 110 valence electrons. The van der Waals surface area contributed by atoms with E-state index in [0.717, 1.165) is 35.7 Å². The van der Waals surface area contributed by atoms with E-state index in [2.05, 4.69) is 12.2 Å². The normalized spacial score (nSPS) is 25.9. The van der Waals surface area contributed by atoms with Gasteiger partial charge in [0.05, 0.1) is 12.2 Å². The summed E-state index contributed by atoms with van der Waals surface area (Å²) in [5.41, 5.74) is 1.13. The van der Waals surface area contributed by atoms with Crippen molar-refractivity contribution in [3.05, 3.63) is 28.8 Å². The van der Waals surface area contributed by atoms with Gasteiger partial charge in [0.25, 0.3) is 0 Å². The third-order valence-corrected chi connectivity index (χ3v) is 4.16. The van der Waals surface area contributed by atoms with Crippen LogP contribution in [0, 0.1) is 0 Å². The van der Waals surface area contributed by atoms with E-state index in [-0.39, 0.29) is 6.10 Å². The van der Waals surface area contributed by atoms with E-state index < -0.39 is 0 Å². The van der Waals surface area contributed by atoms with Crippen LogP contribution in [-0.2, 0) is 11.3 Å². The Labute approximate surface area is 125 Å². The fourth-order valence-corrected chi connectivity index (χ4v) is 2.75. The maximum atomic E-state index is 6.09. The average Bonchev–Trinajstić information content (AvgIpc) is 3.17. The van der Waals surface area contributed by atoms with Crippen LogP contribution in [-0.4, -0.2) is 24.9 Å². The zero-order valence-corrected chi connectivity index (χ0v) is 12.7. The second kappa shape index (κ2) is 6.33. The molecule has 1 aliphatic carbocycles. The smallest absolute Gasteiger partial charge is 0.124 e. The minimum absolute atomic E-state index is 0.227. The maximum absolute atomic E-state index is 6.09. The van der Waals surface area contributed by atoms with Gasteiger partial charge >= 0.3 is 0 Å². The second-order valence-corrected chi connectivity index (χ2v) is 6.30. The Bertz CT molecular complexity index is 462. The fourth-order valence-electron chi connectivity index (χ4n) is 2.56. The molecule has 3 rings (SSSR count). The number of hydrogen-bond acceptors (Lipinski definition) is 3. The first-order valence-electron chi connectivity index (χ1n) is 7.51. The molecule has 2 unspecified atom stereocenters. The summed E-state index contributed by atoms with van der Waals surface area (Å²) >= 11 is 6.09. The molecule has 0 bridgehead atoms. The molecule has 1 N–H and O–H groups in total. The first-order chi connectivity index (χ1) is 9.70. The molecule has 2 atom stereocenters. The van der Waals surface area contributed by atoms with E-state index in [1.54, 1.807) is 0 Å². The van der Waals surface area contributed by atoms with E-state index >= 15 is 0 Å². The lowest BCUT2D eigenvalue weighted by atomic mass is 10.2. The van der Waals surface area contributed by atoms with Gasteiger partial charge < -0.3 is 14.8 Å². The van der Waals surface area contributed by atoms with Crippen molar-refractivity contribution in [2.45, 2.75) is 57.4 Å². The van der Waals surface area contributed by atoms with Crippen molar-refractivity contribution in [3.8, 4) is 5.75 Å². The molecule has 0 spiro atoms. The third kappa shape index (κ3) is 3.87. The number of ether oxygens (including phenoxy) is 2. The van der Waals surface area contributed by atoms with Crippen LogP contribution in [0.15, 0.2) is 18.2 Å². The van der Waals surface area contributed by atoms with Gasteiger partial charge in [-0.3, -0.25) is 0 Å². The number of nitrogens with one attached hydrogen (secondary N) is 1. The predicted molar refractivity (Wildman–Crippen MR) is 80.4 cm³/mol. The van der Waals surface area contributed by atoms with Gasteiger partial charge in [-0.1, -0.05) is 11.6 Å². The Kier molecular flexibility index (Phi) is 4.49. The van der Waals surface area contributed by atoms with Gasteiger partial charge in [0.15, 0.2) is 0 Å². The van der Waals surface area contributed by atoms with Crippen molar-refractivity contribution in [2.24, 2.45) is 0 Å². The number of halogens is 1. The summed E-state index contributed by atoms with van der Waals surface area (Å²) in [6.07, 6.45) is 5.37. The summed E-state index contributed by atoms with van der Waals surface area (Å²) in [7, 11) is 0. The van der Waals surface area contributed by atoms with Gasteiger partial charge in [-0.05, 0) is 50.8 Å². The van der Waals surface area contributed by atoms with E-state index in [4.69, 9.17) is 21.1 Å². The Morgan fingerprint density at radius 1 is 1.30 bits per heavy atom. The van der Waals surface area contributed by atoms with E-state index in [0.29, 0.717) is 18.8 Å². The first kappa shape index (κ1) is 14.2. The summed E-state index contributed by atoms with van der Waals surface area (Å²) < 4.78 is 11.7. The lowest BCUT2D eigenvalue weighted by Crippen LogP contribution is -2.20. The molecular weight excluding hydrogens is 274 g/mol. The van der Waals surface area contributed by atoms with Crippen LogP contribution in [0.1, 0.15) is 38.2 Å². The standard InChI is InChI=1S/C16H22ClNO2/c1-11-2-6-15(20-11)10-19-16-7-3-13(17)8-12(16)9-18-14-4-5-14/h3,7-8,11,14-15,18H,2,4-6,9-10H2,1H3. The first-order valence-corrected chi connectivity index (χ1v) is 7.88. The van der Waals surface area contributed by atoms with Crippen molar-refractivity contribution < 1.29 is 9.47 Å². The number of hydrogen-bond donors (Lipinski definition) is 1. The largest absolute Gasteiger partial charge is 0.491 e. The van der Waals surface area contributed by atoms with Gasteiger partial charge in [0.1, 0.15) is 12.4 Å². The van der Waals surface area contributed by atoms with Crippen molar-refractivity contribution in [1.82, 2.24) is 5.32 Å². The Morgan fingerprint density at radius 2 is 2.15 bits per heavy atom. The topological polar surface area (TPSA) is 30.5 Å². The van der Waals surface area contributed by atoms with E-state index in [1.165, 1.54) is 12.8 Å². The zero-order valence-electron chi connectivity index (χ0n) is 11.9. The van der Waals surface area contributed by atoms with Crippen LogP contribution in [0.4, 0.5) is 0 Å². The molecule has 1 saturated carbocycles. The summed E-state index contributed by atoms with van der Waals surface area (Å²) in [5.74, 6) is 0.922. The van der Waals surface area contributed by atoms with Crippen molar-refractivity contribution in [2.75, 3.05) is 6.61 Å². The van der Waals surface area contributed by atoms with E-state index in [1.807, 2.05) is 18.2 Å². The molecule has 1 saturated heterocycles. The number of benzene rings is 1. The lowest BCUT2D eigenvalue weighted by Gasteiger charge is -2.16. The third-order valence-electron chi connectivity index (χ3n) is 3.93. The highest BCUT2D eigenvalue weighted by Crippen LogP contribution is 2.27. The molecule has 0 aromatic heterocycles. The Hall–Kier alpha value is -0.770. The molecule has 20 heavy (non-hydrogen) atoms. The summed E-state index contributed by atoms with van der Waals surface area (Å²) in [5, 5.41) is 4.27. The summed E-state index contributed by atoms with van der Waals surface area (Å²) in [6, 6.07) is 6.52. The quantitative estimate of drug-likeness (QED) is 0.871. The molecule has 1 aliphatic heterocycles. The van der Waals surface area contributed by atoms with Gasteiger partial charge in [0.2, 0.25) is 0 Å². The van der Waals surface area contributed by atoms with Crippen molar-refractivity contribution >= 4 is 11.6 Å². The molecule has 3 nitrogen and oxygen atoms in total. The van der Waals surface area contributed by atoms with Crippen LogP contribution in [0.2, 0.25) is 5.02 Å². The van der Waals surface area contributed by atoms with Gasteiger partial charge in [-0.25, -0.2) is 0 Å². The molecule has 0 amide bonds. The lowest BCUT2D eigenvalue weighted by molar-refractivity contribution is 0.0262. The van der Waals surface area contributed by atoms with Crippen molar-refractivity contribution in [1.29, 1.82) is 0 Å². The van der Waals surface area contributed by atoms with Crippen LogP contribution in [0.3, 0.4) is 0 Å². The molecule has 2 fully saturated rings. The molecule has 0 radical (unpaired) electrons. The number of rotatable bonds is 6. The molecule has 2 aliphatic rings. The SMILES string of the molecule is CC1CCC(COc2ccc(Cl)cc2CNC2CC2)O1. The molecule has 1 aromatic carbocycles. The summed E-state index contributed by atoms with van der Waals surface area (Å²) in [4.78, 5) is 0. The molecule has 1 aromatic rings. The highest BCUT2D eigenvalue weighted by Gasteiger charge is 2.23. The second-order valence-electron chi connectivity index (χ2n) is 5.86. The van der Waals surface area contributed by atoms with Crippen LogP contribution in [0.25, 0.3) is 0 Å². The summed E-state index contributed by atoms with van der Waals surface area (Å²) in [6.45, 7) is 3.57. The van der Waals surface area contributed by atoms with Crippen molar-refractivity contribution in [3.63, 3.8) is 0 Å². The zero-order chi connectivity index (χ0) is 13.9. The van der Waals surface area contributed by atoms with Crippen LogP contribution < -0.4 is 10.1 Å². The average molecular weight is 296 g/mol. The highest BCUT2D eigenvalue weighted by atomic mass is 35.5. The minimum Gasteiger partial charge on any atom is -0.491 e. The molecular formula is C16H22ClNO2. The monoisotopic (exact) mass is 295 g/mol. The van der Waals surface area contributed by atoms with Gasteiger partial charge in [0, 0.05) is 23.2 Å². The van der Waals surface area contributed by atoms with Gasteiger partial charge in [-0.2, -0.15) is 0 Å². The highest BCUT2D eigenvalue weighted by molar-refractivity contribution is 6.30. The predicted octanol–water partition coefficient (Wildman–Crippen LogP) is 3.54. The van der Waals surface area contributed by atoms with E-state index in [9.17, 15) is 0 Å². The van der Waals surface area contributed by atoms with Crippen LogP contribution in [0.5, 0.6) is 5.75 Å².